The molecule has 13 heavy (non-hydrogen) atoms. The van der Waals surface area contributed by atoms with Crippen LogP contribution in [-0.2, 0) is 0 Å². The van der Waals surface area contributed by atoms with Gasteiger partial charge in [0.1, 0.15) is 12.4 Å². The molecule has 0 aromatic heterocycles. The Hall–Kier alpha value is -0.730. The Morgan fingerprint density at radius 2 is 2.00 bits per heavy atom. The molecule has 1 aromatic rings. The molecule has 0 radical (unpaired) electrons. The third-order valence-corrected chi connectivity index (χ3v) is 1.95. The van der Waals surface area contributed by atoms with Crippen molar-refractivity contribution in [1.29, 1.82) is 0 Å². The summed E-state index contributed by atoms with van der Waals surface area (Å²) in [6.45, 7) is 2.29. The Morgan fingerprint density at radius 3 is 2.46 bits per heavy atom. The first-order valence-corrected chi connectivity index (χ1v) is 4.65. The zero-order valence-electron chi connectivity index (χ0n) is 7.53. The van der Waals surface area contributed by atoms with Gasteiger partial charge in [-0.3, -0.25) is 0 Å². The van der Waals surface area contributed by atoms with E-state index in [-0.39, 0.29) is 12.0 Å². The van der Waals surface area contributed by atoms with E-state index in [1.54, 1.807) is 0 Å². The van der Waals surface area contributed by atoms with Crippen LogP contribution in [0.1, 0.15) is 17.9 Å². The van der Waals surface area contributed by atoms with Crippen LogP contribution in [0.5, 0.6) is 5.75 Å². The summed E-state index contributed by atoms with van der Waals surface area (Å²) in [7, 11) is 0. The van der Waals surface area contributed by atoms with Gasteiger partial charge >= 0.3 is 0 Å². The van der Waals surface area contributed by atoms with E-state index in [1.807, 2.05) is 31.2 Å². The maximum atomic E-state index is 8.52. The molecule has 0 saturated carbocycles. The molecule has 1 unspecified atom stereocenters. The van der Waals surface area contributed by atoms with E-state index < -0.39 is 0 Å². The van der Waals surface area contributed by atoms with E-state index in [1.165, 1.54) is 0 Å². The van der Waals surface area contributed by atoms with Gasteiger partial charge in [-0.2, -0.15) is 0 Å². The summed E-state index contributed by atoms with van der Waals surface area (Å²) in [6, 6.07) is 7.54. The van der Waals surface area contributed by atoms with Crippen molar-refractivity contribution in [2.75, 3.05) is 13.2 Å². The molecule has 0 spiro atoms. The molecule has 0 aliphatic rings. The zero-order valence-corrected chi connectivity index (χ0v) is 8.29. The van der Waals surface area contributed by atoms with E-state index in [0.717, 1.165) is 11.3 Å². The average Bonchev–Trinajstić information content (AvgIpc) is 2.15. The van der Waals surface area contributed by atoms with Crippen LogP contribution in [0.2, 0.25) is 0 Å². The first-order valence-electron chi connectivity index (χ1n) is 4.21. The minimum atomic E-state index is 0.0203. The Morgan fingerprint density at radius 1 is 1.38 bits per heavy atom. The molecule has 1 N–H and O–H groups in total. The molecule has 0 fully saturated rings. The summed E-state index contributed by atoms with van der Waals surface area (Å²) >= 11 is 5.88. The predicted octanol–water partition coefficient (Wildman–Crippen LogP) is 2.36. The molecule has 3 heteroatoms. The van der Waals surface area contributed by atoms with Crippen LogP contribution in [0.4, 0.5) is 0 Å². The maximum absolute atomic E-state index is 8.52. The number of rotatable bonds is 4. The second kappa shape index (κ2) is 5.10. The topological polar surface area (TPSA) is 29.5 Å². The molecule has 1 aromatic carbocycles. The largest absolute Gasteiger partial charge is 0.491 e. The normalized spacial score (nSPS) is 12.5. The highest BCUT2D eigenvalue weighted by atomic mass is 35.5. The minimum absolute atomic E-state index is 0.0203. The molecule has 1 atom stereocenters. The number of hydrogen-bond donors (Lipinski definition) is 1. The van der Waals surface area contributed by atoms with E-state index >= 15 is 0 Å². The zero-order chi connectivity index (χ0) is 9.68. The van der Waals surface area contributed by atoms with Gasteiger partial charge in [-0.15, -0.1) is 11.6 Å². The van der Waals surface area contributed by atoms with Crippen molar-refractivity contribution in [1.82, 2.24) is 0 Å². The summed E-state index contributed by atoms with van der Waals surface area (Å²) in [5, 5.41) is 8.54. The number of hydrogen-bond acceptors (Lipinski definition) is 2. The van der Waals surface area contributed by atoms with Crippen molar-refractivity contribution < 1.29 is 9.84 Å². The number of benzene rings is 1. The minimum Gasteiger partial charge on any atom is -0.491 e. The molecule has 0 saturated heterocycles. The van der Waals surface area contributed by atoms with E-state index in [0.29, 0.717) is 6.61 Å². The van der Waals surface area contributed by atoms with Crippen LogP contribution in [0.25, 0.3) is 0 Å². The predicted molar refractivity (Wildman–Crippen MR) is 53.3 cm³/mol. The Bertz CT molecular complexity index is 244. The van der Waals surface area contributed by atoms with Gasteiger partial charge in [0.15, 0.2) is 0 Å². The second-order valence-electron chi connectivity index (χ2n) is 2.76. The fraction of sp³-hybridized carbons (Fsp3) is 0.400. The van der Waals surface area contributed by atoms with Gasteiger partial charge < -0.3 is 9.84 Å². The standard InChI is InChI=1S/C10H13ClO2/c1-8(11)9-2-4-10(5-3-9)13-7-6-12/h2-5,8,12H,6-7H2,1H3. The molecule has 1 rings (SSSR count). The van der Waals surface area contributed by atoms with Crippen molar-refractivity contribution in [2.45, 2.75) is 12.3 Å². The monoisotopic (exact) mass is 200 g/mol. The number of halogens is 1. The fourth-order valence-electron chi connectivity index (χ4n) is 0.993. The molecule has 0 amide bonds. The third kappa shape index (κ3) is 3.25. The summed E-state index contributed by atoms with van der Waals surface area (Å²) in [6.07, 6.45) is 0. The van der Waals surface area contributed by atoms with Gasteiger partial charge in [0.05, 0.1) is 12.0 Å². The van der Waals surface area contributed by atoms with E-state index in [4.69, 9.17) is 21.4 Å². The maximum Gasteiger partial charge on any atom is 0.119 e. The lowest BCUT2D eigenvalue weighted by Gasteiger charge is -2.06. The summed E-state index contributed by atoms with van der Waals surface area (Å²) in [4.78, 5) is 0. The number of aliphatic hydroxyl groups is 1. The highest BCUT2D eigenvalue weighted by Crippen LogP contribution is 2.21. The highest BCUT2D eigenvalue weighted by molar-refractivity contribution is 6.20. The van der Waals surface area contributed by atoms with Crippen LogP contribution in [0.3, 0.4) is 0 Å². The summed E-state index contributed by atoms with van der Waals surface area (Å²) in [5.41, 5.74) is 1.07. The van der Waals surface area contributed by atoms with Gasteiger partial charge in [-0.25, -0.2) is 0 Å². The van der Waals surface area contributed by atoms with Crippen LogP contribution < -0.4 is 4.74 Å². The van der Waals surface area contributed by atoms with Gasteiger partial charge in [-0.1, -0.05) is 12.1 Å². The number of aliphatic hydroxyl groups excluding tert-OH is 1. The smallest absolute Gasteiger partial charge is 0.119 e. The molecule has 0 aliphatic heterocycles. The molecule has 0 heterocycles. The number of alkyl halides is 1. The quantitative estimate of drug-likeness (QED) is 0.757. The Labute approximate surface area is 83.1 Å². The van der Waals surface area contributed by atoms with Gasteiger partial charge in [-0.05, 0) is 24.6 Å². The van der Waals surface area contributed by atoms with Crippen LogP contribution in [0, 0.1) is 0 Å². The Kier molecular flexibility index (Phi) is 4.06. The van der Waals surface area contributed by atoms with Crippen molar-refractivity contribution in [3.63, 3.8) is 0 Å². The van der Waals surface area contributed by atoms with Crippen LogP contribution in [0.15, 0.2) is 24.3 Å². The number of ether oxygens (including phenoxy) is 1. The highest BCUT2D eigenvalue weighted by Gasteiger charge is 2.00. The SMILES string of the molecule is CC(Cl)c1ccc(OCCO)cc1. The van der Waals surface area contributed by atoms with Gasteiger partial charge in [0.2, 0.25) is 0 Å². The Balaban J connectivity index is 2.59. The second-order valence-corrected chi connectivity index (χ2v) is 3.41. The van der Waals surface area contributed by atoms with Crippen molar-refractivity contribution >= 4 is 11.6 Å². The molecule has 2 nitrogen and oxygen atoms in total. The lowest BCUT2D eigenvalue weighted by Crippen LogP contribution is -2.01. The first-order chi connectivity index (χ1) is 6.24. The lowest BCUT2D eigenvalue weighted by molar-refractivity contribution is 0.201. The van der Waals surface area contributed by atoms with Crippen molar-refractivity contribution in [2.24, 2.45) is 0 Å². The first kappa shape index (κ1) is 10.4. The summed E-state index contributed by atoms with van der Waals surface area (Å²) < 4.78 is 5.20. The van der Waals surface area contributed by atoms with Crippen LogP contribution >= 0.6 is 11.6 Å². The van der Waals surface area contributed by atoms with E-state index in [9.17, 15) is 0 Å². The van der Waals surface area contributed by atoms with Gasteiger partial charge in [0, 0.05) is 0 Å². The van der Waals surface area contributed by atoms with Crippen molar-refractivity contribution in [3.8, 4) is 5.75 Å². The summed E-state index contributed by atoms with van der Waals surface area (Å²) in [5.74, 6) is 0.759. The lowest BCUT2D eigenvalue weighted by atomic mass is 10.2. The van der Waals surface area contributed by atoms with Crippen molar-refractivity contribution in [3.05, 3.63) is 29.8 Å². The van der Waals surface area contributed by atoms with Gasteiger partial charge in [0.25, 0.3) is 0 Å². The molecular weight excluding hydrogens is 188 g/mol. The van der Waals surface area contributed by atoms with Crippen LogP contribution in [-0.4, -0.2) is 18.3 Å². The average molecular weight is 201 g/mol. The third-order valence-electron chi connectivity index (χ3n) is 1.70. The molecule has 72 valence electrons. The molecule has 0 aliphatic carbocycles. The molecule has 0 bridgehead atoms. The fourth-order valence-corrected chi connectivity index (χ4v) is 1.14. The molecular formula is C10H13ClO2. The van der Waals surface area contributed by atoms with E-state index in [2.05, 4.69) is 0 Å².